The Morgan fingerprint density at radius 1 is 1.24 bits per heavy atom. The molecule has 0 spiro atoms. The van der Waals surface area contributed by atoms with Crippen LogP contribution in [0.4, 0.5) is 0 Å². The second-order valence-corrected chi connectivity index (χ2v) is 4.52. The molecule has 2 N–H and O–H groups in total. The summed E-state index contributed by atoms with van der Waals surface area (Å²) in [5, 5.41) is 12.9. The molecule has 0 saturated carbocycles. The van der Waals surface area contributed by atoms with Crippen LogP contribution in [0.25, 0.3) is 0 Å². The van der Waals surface area contributed by atoms with E-state index in [-0.39, 0.29) is 6.10 Å². The number of benzene rings is 1. The van der Waals surface area contributed by atoms with Crippen LogP contribution in [0.2, 0.25) is 0 Å². The minimum Gasteiger partial charge on any atom is -0.494 e. The van der Waals surface area contributed by atoms with E-state index in [0.717, 1.165) is 12.3 Å². The standard InChI is InChI=1S/C14H23NO2/c1-4-17-13-7-5-12(6-8-13)9-15-10-14(16)11(2)3/h5-8,11,14-16H,4,9-10H2,1-3H3. The number of aliphatic hydroxyl groups excluding tert-OH is 1. The van der Waals surface area contributed by atoms with Crippen molar-refractivity contribution in [2.45, 2.75) is 33.4 Å². The van der Waals surface area contributed by atoms with Gasteiger partial charge < -0.3 is 15.2 Å². The largest absolute Gasteiger partial charge is 0.494 e. The number of hydrogen-bond donors (Lipinski definition) is 2. The first-order chi connectivity index (χ1) is 8.13. The first-order valence-corrected chi connectivity index (χ1v) is 6.24. The van der Waals surface area contributed by atoms with Crippen molar-refractivity contribution in [2.75, 3.05) is 13.2 Å². The normalized spacial score (nSPS) is 12.8. The van der Waals surface area contributed by atoms with Crippen molar-refractivity contribution < 1.29 is 9.84 Å². The Labute approximate surface area is 104 Å². The van der Waals surface area contributed by atoms with Crippen LogP contribution in [0, 0.1) is 5.92 Å². The second-order valence-electron chi connectivity index (χ2n) is 4.52. The molecule has 0 aromatic heterocycles. The van der Waals surface area contributed by atoms with Crippen LogP contribution in [-0.2, 0) is 6.54 Å². The molecule has 17 heavy (non-hydrogen) atoms. The minimum atomic E-state index is -0.280. The predicted molar refractivity (Wildman–Crippen MR) is 70.2 cm³/mol. The highest BCUT2D eigenvalue weighted by molar-refractivity contribution is 5.27. The van der Waals surface area contributed by atoms with E-state index in [4.69, 9.17) is 4.74 Å². The highest BCUT2D eigenvalue weighted by atomic mass is 16.5. The molecule has 0 radical (unpaired) electrons. The van der Waals surface area contributed by atoms with Crippen LogP contribution in [0.15, 0.2) is 24.3 Å². The van der Waals surface area contributed by atoms with Gasteiger partial charge in [0, 0.05) is 13.1 Å². The van der Waals surface area contributed by atoms with Crippen molar-refractivity contribution >= 4 is 0 Å². The summed E-state index contributed by atoms with van der Waals surface area (Å²) in [7, 11) is 0. The topological polar surface area (TPSA) is 41.5 Å². The lowest BCUT2D eigenvalue weighted by Gasteiger charge is -2.15. The third kappa shape index (κ3) is 5.20. The Hall–Kier alpha value is -1.06. The molecule has 1 aromatic rings. The minimum absolute atomic E-state index is 0.280. The molecule has 0 bridgehead atoms. The maximum atomic E-state index is 9.64. The van der Waals surface area contributed by atoms with Gasteiger partial charge in [-0.15, -0.1) is 0 Å². The monoisotopic (exact) mass is 237 g/mol. The van der Waals surface area contributed by atoms with Crippen molar-refractivity contribution in [3.05, 3.63) is 29.8 Å². The number of hydrogen-bond acceptors (Lipinski definition) is 3. The zero-order valence-electron chi connectivity index (χ0n) is 10.9. The molecule has 3 heteroatoms. The van der Waals surface area contributed by atoms with Gasteiger partial charge in [-0.1, -0.05) is 26.0 Å². The van der Waals surface area contributed by atoms with Gasteiger partial charge in [0.05, 0.1) is 12.7 Å². The van der Waals surface area contributed by atoms with Crippen LogP contribution in [0.5, 0.6) is 5.75 Å². The highest BCUT2D eigenvalue weighted by Gasteiger charge is 2.07. The molecule has 0 aliphatic heterocycles. The summed E-state index contributed by atoms with van der Waals surface area (Å²) in [5.74, 6) is 1.20. The Balaban J connectivity index is 2.32. The molecule has 0 saturated heterocycles. The summed E-state index contributed by atoms with van der Waals surface area (Å²) >= 11 is 0. The van der Waals surface area contributed by atoms with Crippen LogP contribution in [0.3, 0.4) is 0 Å². The maximum Gasteiger partial charge on any atom is 0.119 e. The smallest absolute Gasteiger partial charge is 0.119 e. The predicted octanol–water partition coefficient (Wildman–Crippen LogP) is 2.19. The zero-order valence-corrected chi connectivity index (χ0v) is 10.9. The summed E-state index contributed by atoms with van der Waals surface area (Å²) in [6, 6.07) is 8.03. The van der Waals surface area contributed by atoms with Gasteiger partial charge in [-0.3, -0.25) is 0 Å². The van der Waals surface area contributed by atoms with Gasteiger partial charge >= 0.3 is 0 Å². The van der Waals surface area contributed by atoms with E-state index in [9.17, 15) is 5.11 Å². The van der Waals surface area contributed by atoms with Crippen LogP contribution in [0.1, 0.15) is 26.3 Å². The van der Waals surface area contributed by atoms with Crippen LogP contribution < -0.4 is 10.1 Å². The fourth-order valence-electron chi connectivity index (χ4n) is 1.47. The molecule has 0 amide bonds. The number of aliphatic hydroxyl groups is 1. The fourth-order valence-corrected chi connectivity index (χ4v) is 1.47. The Morgan fingerprint density at radius 2 is 1.88 bits per heavy atom. The molecule has 0 aliphatic rings. The van der Waals surface area contributed by atoms with Gasteiger partial charge in [0.2, 0.25) is 0 Å². The summed E-state index contributed by atoms with van der Waals surface area (Å²) in [6.07, 6.45) is -0.280. The van der Waals surface area contributed by atoms with E-state index >= 15 is 0 Å². The number of nitrogens with one attached hydrogen (secondary N) is 1. The van der Waals surface area contributed by atoms with Gasteiger partial charge in [0.15, 0.2) is 0 Å². The molecular formula is C14H23NO2. The molecular weight excluding hydrogens is 214 g/mol. The Morgan fingerprint density at radius 3 is 2.41 bits per heavy atom. The number of rotatable bonds is 7. The van der Waals surface area contributed by atoms with Crippen LogP contribution in [-0.4, -0.2) is 24.4 Å². The fraction of sp³-hybridized carbons (Fsp3) is 0.571. The van der Waals surface area contributed by atoms with Gasteiger partial charge in [0.1, 0.15) is 5.75 Å². The molecule has 0 heterocycles. The zero-order chi connectivity index (χ0) is 12.7. The lowest BCUT2D eigenvalue weighted by Crippen LogP contribution is -2.30. The van der Waals surface area contributed by atoms with E-state index in [1.54, 1.807) is 0 Å². The molecule has 1 unspecified atom stereocenters. The first-order valence-electron chi connectivity index (χ1n) is 6.24. The van der Waals surface area contributed by atoms with Gasteiger partial charge in [-0.25, -0.2) is 0 Å². The van der Waals surface area contributed by atoms with Crippen molar-refractivity contribution in [2.24, 2.45) is 5.92 Å². The molecule has 1 atom stereocenters. The van der Waals surface area contributed by atoms with Gasteiger partial charge in [-0.05, 0) is 30.5 Å². The third-order valence-corrected chi connectivity index (χ3v) is 2.69. The molecule has 0 aliphatic carbocycles. The van der Waals surface area contributed by atoms with E-state index in [1.807, 2.05) is 45.0 Å². The lowest BCUT2D eigenvalue weighted by atomic mass is 10.1. The average molecular weight is 237 g/mol. The van der Waals surface area contributed by atoms with Crippen molar-refractivity contribution in [1.82, 2.24) is 5.32 Å². The number of ether oxygens (including phenoxy) is 1. The van der Waals surface area contributed by atoms with E-state index in [0.29, 0.717) is 19.1 Å². The van der Waals surface area contributed by atoms with Crippen molar-refractivity contribution in [3.63, 3.8) is 0 Å². The van der Waals surface area contributed by atoms with Gasteiger partial charge in [0.25, 0.3) is 0 Å². The van der Waals surface area contributed by atoms with Crippen LogP contribution >= 0.6 is 0 Å². The lowest BCUT2D eigenvalue weighted by molar-refractivity contribution is 0.123. The van der Waals surface area contributed by atoms with Gasteiger partial charge in [-0.2, -0.15) is 0 Å². The second kappa shape index (κ2) is 7.30. The molecule has 0 fully saturated rings. The Bertz CT molecular complexity index is 309. The highest BCUT2D eigenvalue weighted by Crippen LogP contribution is 2.11. The van der Waals surface area contributed by atoms with E-state index < -0.39 is 0 Å². The summed E-state index contributed by atoms with van der Waals surface area (Å²) in [4.78, 5) is 0. The summed E-state index contributed by atoms with van der Waals surface area (Å²) < 4.78 is 5.37. The summed E-state index contributed by atoms with van der Waals surface area (Å²) in [5.41, 5.74) is 1.20. The van der Waals surface area contributed by atoms with E-state index in [1.165, 1.54) is 5.56 Å². The SMILES string of the molecule is CCOc1ccc(CNCC(O)C(C)C)cc1. The van der Waals surface area contributed by atoms with Crippen molar-refractivity contribution in [3.8, 4) is 5.75 Å². The quantitative estimate of drug-likeness (QED) is 0.764. The third-order valence-electron chi connectivity index (χ3n) is 2.69. The first kappa shape index (κ1) is 14.0. The summed E-state index contributed by atoms with van der Waals surface area (Å²) in [6.45, 7) is 8.11. The Kier molecular flexibility index (Phi) is 6.01. The van der Waals surface area contributed by atoms with Crippen molar-refractivity contribution in [1.29, 1.82) is 0 Å². The molecule has 1 rings (SSSR count). The van der Waals surface area contributed by atoms with E-state index in [2.05, 4.69) is 5.32 Å². The molecule has 1 aromatic carbocycles. The average Bonchev–Trinajstić information content (AvgIpc) is 2.31. The molecule has 96 valence electrons. The maximum absolute atomic E-state index is 9.64. The molecule has 3 nitrogen and oxygen atoms in total.